The Bertz CT molecular complexity index is 1040. The number of ether oxygens (including phenoxy) is 1. The summed E-state index contributed by atoms with van der Waals surface area (Å²) in [5.41, 5.74) is 1.63. The highest BCUT2D eigenvalue weighted by Crippen LogP contribution is 2.16. The van der Waals surface area contributed by atoms with Crippen LogP contribution in [0.3, 0.4) is 0 Å². The van der Waals surface area contributed by atoms with Gasteiger partial charge in [-0.2, -0.15) is 4.98 Å². The fraction of sp³-hybridized carbons (Fsp3) is 0.211. The molecule has 0 saturated heterocycles. The Balaban J connectivity index is 1.55. The zero-order valence-electron chi connectivity index (χ0n) is 16.1. The van der Waals surface area contributed by atoms with E-state index in [2.05, 4.69) is 30.3 Å². The normalized spacial score (nSPS) is 11.1. The fourth-order valence-electron chi connectivity index (χ4n) is 2.49. The molecule has 3 aromatic rings. The van der Waals surface area contributed by atoms with Gasteiger partial charge in [-0.1, -0.05) is 0 Å². The van der Waals surface area contributed by atoms with Gasteiger partial charge in [0.05, 0.1) is 12.0 Å². The van der Waals surface area contributed by atoms with Crippen molar-refractivity contribution in [2.75, 3.05) is 30.8 Å². The molecule has 0 unspecified atom stereocenters. The van der Waals surface area contributed by atoms with Crippen molar-refractivity contribution >= 4 is 27.5 Å². The number of nitrogens with one attached hydrogen (secondary N) is 3. The highest BCUT2D eigenvalue weighted by molar-refractivity contribution is 7.89. The lowest BCUT2D eigenvalue weighted by Gasteiger charge is -2.11. The van der Waals surface area contributed by atoms with E-state index in [-0.39, 0.29) is 11.4 Å². The minimum Gasteiger partial charge on any atom is -0.497 e. The van der Waals surface area contributed by atoms with E-state index in [1.54, 1.807) is 24.5 Å². The lowest BCUT2D eigenvalue weighted by atomic mass is 10.3. The Morgan fingerprint density at radius 1 is 1.00 bits per heavy atom. The lowest BCUT2D eigenvalue weighted by molar-refractivity contribution is 0.414. The zero-order valence-corrected chi connectivity index (χ0v) is 16.9. The van der Waals surface area contributed by atoms with E-state index >= 15 is 0 Å². The lowest BCUT2D eigenvalue weighted by Crippen LogP contribution is -2.29. The van der Waals surface area contributed by atoms with Crippen LogP contribution < -0.4 is 20.1 Å². The van der Waals surface area contributed by atoms with E-state index in [0.29, 0.717) is 24.1 Å². The molecular weight excluding hydrogens is 392 g/mol. The number of hydrogen-bond donors (Lipinski definition) is 3. The number of nitrogens with zero attached hydrogens (tertiary/aromatic N) is 3. The van der Waals surface area contributed by atoms with Crippen LogP contribution in [0.2, 0.25) is 0 Å². The highest BCUT2D eigenvalue weighted by atomic mass is 32.2. The number of methoxy groups -OCH3 is 1. The predicted molar refractivity (Wildman–Crippen MR) is 111 cm³/mol. The minimum atomic E-state index is -3.60. The quantitative estimate of drug-likeness (QED) is 0.457. The van der Waals surface area contributed by atoms with Crippen LogP contribution in [-0.4, -0.2) is 43.6 Å². The second-order valence-corrected chi connectivity index (χ2v) is 7.85. The molecule has 2 heterocycles. The molecular formula is C19H22N6O3S. The van der Waals surface area contributed by atoms with Gasteiger partial charge in [-0.25, -0.2) is 18.1 Å². The topological polar surface area (TPSA) is 118 Å². The molecule has 0 atom stereocenters. The Morgan fingerprint density at radius 3 is 2.41 bits per heavy atom. The standard InChI is InChI=1S/C19H22N6O3S/c1-14-13-18(24-15-7-9-20-10-8-15)25-19(23-14)21-11-12-22-29(26,27)17-5-3-16(28-2)4-6-17/h3-10,13,22H,11-12H2,1-2H3,(H2,20,21,23,24,25). The SMILES string of the molecule is COc1ccc(S(=O)(=O)NCCNc2nc(C)cc(Nc3ccncc3)n2)cc1. The number of anilines is 3. The van der Waals surface area contributed by atoms with Gasteiger partial charge < -0.3 is 15.4 Å². The average Bonchev–Trinajstić information content (AvgIpc) is 2.72. The molecule has 0 bridgehead atoms. The van der Waals surface area contributed by atoms with E-state index in [1.165, 1.54) is 19.2 Å². The van der Waals surface area contributed by atoms with Crippen molar-refractivity contribution in [1.29, 1.82) is 0 Å². The molecule has 0 amide bonds. The first-order valence-electron chi connectivity index (χ1n) is 8.86. The minimum absolute atomic E-state index is 0.175. The number of aromatic nitrogens is 3. The summed E-state index contributed by atoms with van der Waals surface area (Å²) in [7, 11) is -2.07. The monoisotopic (exact) mass is 414 g/mol. The van der Waals surface area contributed by atoms with Crippen molar-refractivity contribution in [3.05, 3.63) is 60.6 Å². The van der Waals surface area contributed by atoms with Crippen molar-refractivity contribution < 1.29 is 13.2 Å². The molecule has 0 aliphatic heterocycles. The van der Waals surface area contributed by atoms with Crippen LogP contribution in [-0.2, 0) is 10.0 Å². The third-order valence-corrected chi connectivity index (χ3v) is 5.35. The van der Waals surface area contributed by atoms with Crippen LogP contribution in [0, 0.1) is 6.92 Å². The van der Waals surface area contributed by atoms with E-state index in [9.17, 15) is 8.42 Å². The number of aryl methyl sites for hydroxylation is 1. The molecule has 10 heteroatoms. The molecule has 152 valence electrons. The maximum absolute atomic E-state index is 12.3. The Hall–Kier alpha value is -3.24. The van der Waals surface area contributed by atoms with Crippen LogP contribution in [0.4, 0.5) is 17.5 Å². The first kappa shape index (κ1) is 20.5. The van der Waals surface area contributed by atoms with Crippen molar-refractivity contribution in [2.45, 2.75) is 11.8 Å². The molecule has 0 spiro atoms. The van der Waals surface area contributed by atoms with E-state index in [0.717, 1.165) is 11.4 Å². The molecule has 0 radical (unpaired) electrons. The van der Waals surface area contributed by atoms with Gasteiger partial charge >= 0.3 is 0 Å². The third kappa shape index (κ3) is 5.87. The van der Waals surface area contributed by atoms with Gasteiger partial charge in [-0.05, 0) is 43.3 Å². The zero-order chi connectivity index (χ0) is 20.7. The number of benzene rings is 1. The molecule has 1 aromatic carbocycles. The summed E-state index contributed by atoms with van der Waals surface area (Å²) in [6.45, 7) is 2.36. The van der Waals surface area contributed by atoms with Crippen molar-refractivity contribution in [2.24, 2.45) is 0 Å². The fourth-order valence-corrected chi connectivity index (χ4v) is 3.52. The molecule has 0 aliphatic rings. The summed E-state index contributed by atoms with van der Waals surface area (Å²) in [6.07, 6.45) is 3.37. The largest absolute Gasteiger partial charge is 0.497 e. The second kappa shape index (κ2) is 9.30. The molecule has 9 nitrogen and oxygen atoms in total. The smallest absolute Gasteiger partial charge is 0.240 e. The van der Waals surface area contributed by atoms with Crippen molar-refractivity contribution in [1.82, 2.24) is 19.7 Å². The van der Waals surface area contributed by atoms with Crippen LogP contribution in [0.1, 0.15) is 5.69 Å². The van der Waals surface area contributed by atoms with Gasteiger partial charge in [-0.3, -0.25) is 4.98 Å². The first-order chi connectivity index (χ1) is 14.0. The van der Waals surface area contributed by atoms with Crippen LogP contribution in [0.25, 0.3) is 0 Å². The Kier molecular flexibility index (Phi) is 6.57. The summed E-state index contributed by atoms with van der Waals surface area (Å²) in [5, 5.41) is 6.21. The van der Waals surface area contributed by atoms with E-state index < -0.39 is 10.0 Å². The van der Waals surface area contributed by atoms with Crippen LogP contribution in [0.15, 0.2) is 59.8 Å². The summed E-state index contributed by atoms with van der Waals surface area (Å²) in [6, 6.07) is 11.7. The molecule has 3 N–H and O–H groups in total. The first-order valence-corrected chi connectivity index (χ1v) is 10.3. The van der Waals surface area contributed by atoms with E-state index in [4.69, 9.17) is 4.74 Å². The number of hydrogen-bond acceptors (Lipinski definition) is 8. The Labute approximate surface area is 169 Å². The maximum Gasteiger partial charge on any atom is 0.240 e. The Morgan fingerprint density at radius 2 is 1.72 bits per heavy atom. The van der Waals surface area contributed by atoms with Gasteiger partial charge in [0.1, 0.15) is 11.6 Å². The molecule has 0 aliphatic carbocycles. The number of pyridine rings is 1. The third-order valence-electron chi connectivity index (χ3n) is 3.88. The van der Waals surface area contributed by atoms with Gasteiger partial charge in [0.15, 0.2) is 0 Å². The van der Waals surface area contributed by atoms with Crippen molar-refractivity contribution in [3.63, 3.8) is 0 Å². The second-order valence-electron chi connectivity index (χ2n) is 6.08. The molecule has 0 saturated carbocycles. The molecule has 0 fully saturated rings. The predicted octanol–water partition coefficient (Wildman–Crippen LogP) is 2.32. The van der Waals surface area contributed by atoms with Crippen molar-refractivity contribution in [3.8, 4) is 5.75 Å². The highest BCUT2D eigenvalue weighted by Gasteiger charge is 2.13. The summed E-state index contributed by atoms with van der Waals surface area (Å²) in [4.78, 5) is 12.9. The summed E-state index contributed by atoms with van der Waals surface area (Å²) < 4.78 is 32.2. The van der Waals surface area contributed by atoms with Gasteiger partial charge in [0, 0.05) is 42.9 Å². The van der Waals surface area contributed by atoms with Crippen LogP contribution >= 0.6 is 0 Å². The number of sulfonamides is 1. The van der Waals surface area contributed by atoms with Gasteiger partial charge in [0.25, 0.3) is 0 Å². The molecule has 2 aromatic heterocycles. The van der Waals surface area contributed by atoms with Gasteiger partial charge in [-0.15, -0.1) is 0 Å². The number of rotatable bonds is 9. The van der Waals surface area contributed by atoms with E-state index in [1.807, 2.05) is 25.1 Å². The average molecular weight is 414 g/mol. The van der Waals surface area contributed by atoms with Crippen LogP contribution in [0.5, 0.6) is 5.75 Å². The maximum atomic E-state index is 12.3. The molecule has 29 heavy (non-hydrogen) atoms. The summed E-state index contributed by atoms with van der Waals surface area (Å²) >= 11 is 0. The summed E-state index contributed by atoms with van der Waals surface area (Å²) in [5.74, 6) is 1.63. The molecule has 3 rings (SSSR count). The van der Waals surface area contributed by atoms with Gasteiger partial charge in [0.2, 0.25) is 16.0 Å².